The molecule has 0 saturated carbocycles. The van der Waals surface area contributed by atoms with Crippen LogP contribution in [0.1, 0.15) is 34.1 Å². The van der Waals surface area contributed by atoms with Gasteiger partial charge >= 0.3 is 0 Å². The fraction of sp³-hybridized carbons (Fsp3) is 0.786. The molecular formula is C14H25NO2Si. The lowest BCUT2D eigenvalue weighted by Gasteiger charge is -2.45. The third kappa shape index (κ3) is 2.96. The van der Waals surface area contributed by atoms with Gasteiger partial charge in [-0.3, -0.25) is 4.79 Å². The van der Waals surface area contributed by atoms with E-state index >= 15 is 0 Å². The van der Waals surface area contributed by atoms with Crippen molar-refractivity contribution in [1.82, 2.24) is 5.32 Å². The van der Waals surface area contributed by atoms with E-state index in [0.717, 1.165) is 0 Å². The van der Waals surface area contributed by atoms with E-state index in [4.69, 9.17) is 10.8 Å². The second-order valence-corrected chi connectivity index (χ2v) is 11.4. The number of carbonyl (C=O) groups excluding carboxylic acids is 1. The van der Waals surface area contributed by atoms with Crippen LogP contribution in [0.3, 0.4) is 0 Å². The molecule has 0 aliphatic carbocycles. The Balaban J connectivity index is 2.68. The number of nitrogens with one attached hydrogen (secondary N) is 1. The third-order valence-electron chi connectivity index (χ3n) is 4.19. The predicted octanol–water partition coefficient (Wildman–Crippen LogP) is 2.53. The summed E-state index contributed by atoms with van der Waals surface area (Å²) in [5.74, 6) is 2.59. The van der Waals surface area contributed by atoms with Crippen molar-refractivity contribution < 1.29 is 9.22 Å². The molecule has 0 aromatic heterocycles. The van der Waals surface area contributed by atoms with Crippen molar-refractivity contribution in [1.29, 1.82) is 0 Å². The van der Waals surface area contributed by atoms with Crippen LogP contribution >= 0.6 is 0 Å². The van der Waals surface area contributed by atoms with Crippen molar-refractivity contribution in [2.45, 2.75) is 64.4 Å². The molecule has 1 amide bonds. The van der Waals surface area contributed by atoms with Gasteiger partial charge in [-0.2, -0.15) is 0 Å². The summed E-state index contributed by atoms with van der Waals surface area (Å²) in [6, 6.07) is 0.0854. The van der Waals surface area contributed by atoms with Crippen molar-refractivity contribution in [2.75, 3.05) is 0 Å². The van der Waals surface area contributed by atoms with E-state index in [9.17, 15) is 4.79 Å². The summed E-state index contributed by atoms with van der Waals surface area (Å²) in [4.78, 5) is 11.6. The largest absolute Gasteiger partial charge is 0.413 e. The number of hydrogen-bond acceptors (Lipinski definition) is 2. The zero-order valence-corrected chi connectivity index (χ0v) is 13.3. The van der Waals surface area contributed by atoms with Gasteiger partial charge < -0.3 is 9.74 Å². The Morgan fingerprint density at radius 2 is 2.06 bits per heavy atom. The summed E-state index contributed by atoms with van der Waals surface area (Å²) < 4.78 is 6.26. The normalized spacial score (nSPS) is 25.9. The first-order chi connectivity index (χ1) is 8.10. The summed E-state index contributed by atoms with van der Waals surface area (Å²) in [7, 11) is -1.83. The Hall–Kier alpha value is -0.793. The summed E-state index contributed by atoms with van der Waals surface area (Å²) in [6.07, 6.45) is 5.84. The average Bonchev–Trinajstić information content (AvgIpc) is 2.13. The monoisotopic (exact) mass is 267 g/mol. The van der Waals surface area contributed by atoms with Crippen molar-refractivity contribution in [3.8, 4) is 12.3 Å². The fourth-order valence-corrected chi connectivity index (χ4v) is 3.44. The van der Waals surface area contributed by atoms with Gasteiger partial charge in [-0.1, -0.05) is 20.8 Å². The van der Waals surface area contributed by atoms with E-state index in [1.165, 1.54) is 0 Å². The molecule has 3 atom stereocenters. The number of β-lactam (4-membered cyclic amide) rings is 1. The van der Waals surface area contributed by atoms with Crippen LogP contribution in [0.4, 0.5) is 0 Å². The zero-order chi connectivity index (χ0) is 14.1. The smallest absolute Gasteiger partial charge is 0.228 e. The van der Waals surface area contributed by atoms with Crippen molar-refractivity contribution in [2.24, 2.45) is 5.92 Å². The maximum atomic E-state index is 11.6. The van der Waals surface area contributed by atoms with Crippen LogP contribution < -0.4 is 5.32 Å². The molecule has 1 heterocycles. The van der Waals surface area contributed by atoms with Crippen LogP contribution in [-0.4, -0.2) is 26.4 Å². The lowest BCUT2D eigenvalue weighted by molar-refractivity contribution is -0.139. The lowest BCUT2D eigenvalue weighted by Crippen LogP contribution is -2.63. The van der Waals surface area contributed by atoms with E-state index < -0.39 is 8.32 Å². The molecule has 0 aromatic rings. The SMILES string of the molecule is C#CC[C@@H]1NC(=O)[C@@H]1[C@@H](C)O[Si](C)(C)C(C)(C)C. The van der Waals surface area contributed by atoms with Gasteiger partial charge in [0.05, 0.1) is 18.1 Å². The molecule has 1 fully saturated rings. The van der Waals surface area contributed by atoms with Crippen LogP contribution in [0.2, 0.25) is 18.1 Å². The quantitative estimate of drug-likeness (QED) is 0.483. The van der Waals surface area contributed by atoms with Gasteiger partial charge in [-0.25, -0.2) is 0 Å². The molecule has 1 aliphatic heterocycles. The van der Waals surface area contributed by atoms with Gasteiger partial charge in [0.2, 0.25) is 5.91 Å². The molecule has 4 heteroatoms. The van der Waals surface area contributed by atoms with Crippen molar-refractivity contribution in [3.63, 3.8) is 0 Å². The molecule has 0 radical (unpaired) electrons. The molecular weight excluding hydrogens is 242 g/mol. The van der Waals surface area contributed by atoms with E-state index in [2.05, 4.69) is 45.1 Å². The van der Waals surface area contributed by atoms with E-state index in [-0.39, 0.29) is 29.0 Å². The molecule has 102 valence electrons. The first-order valence-electron chi connectivity index (χ1n) is 6.52. The Morgan fingerprint density at radius 1 is 1.50 bits per heavy atom. The van der Waals surface area contributed by atoms with Crippen molar-refractivity contribution in [3.05, 3.63) is 0 Å². The van der Waals surface area contributed by atoms with Crippen molar-refractivity contribution >= 4 is 14.2 Å². The average molecular weight is 267 g/mol. The molecule has 1 aliphatic rings. The molecule has 3 nitrogen and oxygen atoms in total. The Bertz CT molecular complexity index is 365. The van der Waals surface area contributed by atoms with Gasteiger partial charge in [-0.05, 0) is 25.1 Å². The first kappa shape index (κ1) is 15.3. The fourth-order valence-electron chi connectivity index (χ4n) is 2.02. The van der Waals surface area contributed by atoms with Gasteiger partial charge in [0.1, 0.15) is 0 Å². The third-order valence-corrected chi connectivity index (χ3v) is 8.77. The predicted molar refractivity (Wildman–Crippen MR) is 76.6 cm³/mol. The molecule has 0 aromatic carbocycles. The van der Waals surface area contributed by atoms with Gasteiger partial charge in [0.15, 0.2) is 8.32 Å². The molecule has 0 unspecified atom stereocenters. The van der Waals surface area contributed by atoms with Crippen LogP contribution in [-0.2, 0) is 9.22 Å². The highest BCUT2D eigenvalue weighted by Gasteiger charge is 2.46. The molecule has 0 bridgehead atoms. The number of carbonyl (C=O) groups is 1. The topological polar surface area (TPSA) is 38.3 Å². The van der Waals surface area contributed by atoms with E-state index in [0.29, 0.717) is 6.42 Å². The van der Waals surface area contributed by atoms with Gasteiger partial charge in [-0.15, -0.1) is 12.3 Å². The summed E-state index contributed by atoms with van der Waals surface area (Å²) in [6.45, 7) is 13.0. The minimum atomic E-state index is -1.83. The van der Waals surface area contributed by atoms with Gasteiger partial charge in [0.25, 0.3) is 0 Å². The highest BCUT2D eigenvalue weighted by Crippen LogP contribution is 2.39. The first-order valence-corrected chi connectivity index (χ1v) is 9.42. The number of rotatable bonds is 4. The zero-order valence-electron chi connectivity index (χ0n) is 12.3. The summed E-state index contributed by atoms with van der Waals surface area (Å²) in [5.41, 5.74) is 0. The highest BCUT2D eigenvalue weighted by atomic mass is 28.4. The van der Waals surface area contributed by atoms with Crippen LogP contribution in [0, 0.1) is 18.3 Å². The van der Waals surface area contributed by atoms with Crippen LogP contribution in [0.25, 0.3) is 0 Å². The Morgan fingerprint density at radius 3 is 2.44 bits per heavy atom. The second-order valence-electron chi connectivity index (χ2n) is 6.63. The minimum absolute atomic E-state index is 0.0574. The molecule has 0 spiro atoms. The number of terminal acetylenes is 1. The second kappa shape index (κ2) is 5.06. The van der Waals surface area contributed by atoms with E-state index in [1.54, 1.807) is 0 Å². The molecule has 18 heavy (non-hydrogen) atoms. The molecule has 1 saturated heterocycles. The van der Waals surface area contributed by atoms with E-state index in [1.807, 2.05) is 6.92 Å². The number of hydrogen-bond donors (Lipinski definition) is 1. The Labute approximate surface area is 112 Å². The maximum absolute atomic E-state index is 11.6. The highest BCUT2D eigenvalue weighted by molar-refractivity contribution is 6.74. The Kier molecular flexibility index (Phi) is 4.29. The molecule has 1 N–H and O–H groups in total. The summed E-state index contributed by atoms with van der Waals surface area (Å²) in [5, 5.41) is 3.01. The van der Waals surface area contributed by atoms with Crippen LogP contribution in [0.5, 0.6) is 0 Å². The van der Waals surface area contributed by atoms with Crippen LogP contribution in [0.15, 0.2) is 0 Å². The maximum Gasteiger partial charge on any atom is 0.228 e. The lowest BCUT2D eigenvalue weighted by atomic mass is 9.84. The summed E-state index contributed by atoms with van der Waals surface area (Å²) >= 11 is 0. The van der Waals surface area contributed by atoms with Gasteiger partial charge in [0, 0.05) is 6.42 Å². The number of amides is 1. The molecule has 1 rings (SSSR count). The minimum Gasteiger partial charge on any atom is -0.413 e. The standard InChI is InChI=1S/C14H25NO2Si/c1-8-9-11-12(13(16)15-11)10(2)17-18(6,7)14(3,4)5/h1,10-12H,9H2,2-7H3,(H,15,16)/t10-,11+,12-/m1/s1.